The predicted octanol–water partition coefficient (Wildman–Crippen LogP) is 3.01. The van der Waals surface area contributed by atoms with Crippen LogP contribution in [0, 0.1) is 11.7 Å². The van der Waals surface area contributed by atoms with E-state index in [-0.39, 0.29) is 17.4 Å². The lowest BCUT2D eigenvalue weighted by molar-refractivity contribution is 0.0689. The number of hydrogen-bond acceptors (Lipinski definition) is 3. The Morgan fingerprint density at radius 2 is 1.92 bits per heavy atom. The Hall–Kier alpha value is -2.76. The van der Waals surface area contributed by atoms with Crippen LogP contribution in [0.4, 0.5) is 4.39 Å². The Morgan fingerprint density at radius 1 is 1.20 bits per heavy atom. The molecule has 0 saturated carbocycles. The van der Waals surface area contributed by atoms with Gasteiger partial charge in [-0.2, -0.15) is 0 Å². The summed E-state index contributed by atoms with van der Waals surface area (Å²) in [6.07, 6.45) is 3.61. The number of rotatable bonds is 4. The third-order valence-electron chi connectivity index (χ3n) is 4.59. The van der Waals surface area contributed by atoms with Gasteiger partial charge < -0.3 is 10.0 Å². The summed E-state index contributed by atoms with van der Waals surface area (Å²) in [5.74, 6) is -1.18. The number of pyridine rings is 1. The number of piperidine rings is 1. The van der Waals surface area contributed by atoms with Crippen LogP contribution in [0.25, 0.3) is 0 Å². The quantitative estimate of drug-likeness (QED) is 0.927. The third kappa shape index (κ3) is 4.02. The fourth-order valence-electron chi connectivity index (χ4n) is 3.18. The molecule has 1 saturated heterocycles. The summed E-state index contributed by atoms with van der Waals surface area (Å²) in [5, 5.41) is 8.98. The Kier molecular flexibility index (Phi) is 5.07. The van der Waals surface area contributed by atoms with E-state index in [1.54, 1.807) is 17.0 Å². The number of benzene rings is 1. The van der Waals surface area contributed by atoms with Crippen molar-refractivity contribution in [1.82, 2.24) is 9.88 Å². The number of aromatic carboxylic acids is 1. The highest BCUT2D eigenvalue weighted by atomic mass is 19.1. The molecule has 1 aromatic heterocycles. The second-order valence-electron chi connectivity index (χ2n) is 6.27. The van der Waals surface area contributed by atoms with Crippen molar-refractivity contribution >= 4 is 11.9 Å². The standard InChI is InChI=1S/C19H19FN2O3/c20-16-4-2-1-3-14(16)11-13-6-9-22(10-7-13)18(23)15-5-8-21-17(12-15)19(24)25/h1-5,8,12-13H,6-7,9-11H2,(H,24,25). The van der Waals surface area contributed by atoms with Gasteiger partial charge in [0.05, 0.1) is 0 Å². The Balaban J connectivity index is 1.60. The lowest BCUT2D eigenvalue weighted by atomic mass is 9.90. The average Bonchev–Trinajstić information content (AvgIpc) is 2.64. The van der Waals surface area contributed by atoms with Crippen LogP contribution in [0.1, 0.15) is 39.3 Å². The lowest BCUT2D eigenvalue weighted by Gasteiger charge is -2.32. The van der Waals surface area contributed by atoms with Crippen LogP contribution >= 0.6 is 0 Å². The highest BCUT2D eigenvalue weighted by Crippen LogP contribution is 2.24. The molecule has 0 unspecified atom stereocenters. The third-order valence-corrected chi connectivity index (χ3v) is 4.59. The first kappa shape index (κ1) is 17.1. The van der Waals surface area contributed by atoms with Crippen molar-refractivity contribution in [3.05, 3.63) is 65.2 Å². The monoisotopic (exact) mass is 342 g/mol. The molecule has 1 aromatic carbocycles. The molecule has 5 nitrogen and oxygen atoms in total. The summed E-state index contributed by atoms with van der Waals surface area (Å²) in [6, 6.07) is 9.62. The Labute approximate surface area is 145 Å². The van der Waals surface area contributed by atoms with Crippen LogP contribution in [-0.2, 0) is 6.42 Å². The van der Waals surface area contributed by atoms with E-state index in [1.807, 2.05) is 6.07 Å². The minimum atomic E-state index is -1.15. The molecule has 6 heteroatoms. The zero-order valence-corrected chi connectivity index (χ0v) is 13.7. The summed E-state index contributed by atoms with van der Waals surface area (Å²) in [6.45, 7) is 1.17. The number of likely N-dealkylation sites (tertiary alicyclic amines) is 1. The van der Waals surface area contributed by atoms with Gasteiger partial charge in [0.1, 0.15) is 11.5 Å². The molecule has 0 spiro atoms. The number of aromatic nitrogens is 1. The highest BCUT2D eigenvalue weighted by molar-refractivity contribution is 5.96. The molecule has 0 atom stereocenters. The van der Waals surface area contributed by atoms with Crippen molar-refractivity contribution in [2.75, 3.05) is 13.1 Å². The largest absolute Gasteiger partial charge is 0.477 e. The summed E-state index contributed by atoms with van der Waals surface area (Å²) < 4.78 is 13.8. The zero-order valence-electron chi connectivity index (χ0n) is 13.7. The minimum Gasteiger partial charge on any atom is -0.477 e. The number of nitrogens with zero attached hydrogens (tertiary/aromatic N) is 2. The molecule has 1 aliphatic rings. The smallest absolute Gasteiger partial charge is 0.354 e. The zero-order chi connectivity index (χ0) is 17.8. The molecule has 3 rings (SSSR count). The van der Waals surface area contributed by atoms with Gasteiger partial charge >= 0.3 is 5.97 Å². The highest BCUT2D eigenvalue weighted by Gasteiger charge is 2.25. The number of carbonyl (C=O) groups excluding carboxylic acids is 1. The molecule has 1 N–H and O–H groups in total. The van der Waals surface area contributed by atoms with Crippen LogP contribution in [0.2, 0.25) is 0 Å². The number of amides is 1. The van der Waals surface area contributed by atoms with E-state index in [0.717, 1.165) is 12.8 Å². The van der Waals surface area contributed by atoms with Crippen molar-refractivity contribution in [1.29, 1.82) is 0 Å². The fraction of sp³-hybridized carbons (Fsp3) is 0.316. The minimum absolute atomic E-state index is 0.139. The molecule has 1 aliphatic heterocycles. The first-order chi connectivity index (χ1) is 12.0. The van der Waals surface area contributed by atoms with Crippen LogP contribution < -0.4 is 0 Å². The van der Waals surface area contributed by atoms with Crippen LogP contribution in [0.5, 0.6) is 0 Å². The van der Waals surface area contributed by atoms with Crippen molar-refractivity contribution in [3.63, 3.8) is 0 Å². The van der Waals surface area contributed by atoms with Crippen LogP contribution in [0.15, 0.2) is 42.6 Å². The predicted molar refractivity (Wildman–Crippen MR) is 89.9 cm³/mol. The number of carbonyl (C=O) groups is 2. The number of carboxylic acid groups (broad SMARTS) is 1. The van der Waals surface area contributed by atoms with Gasteiger partial charge in [0.25, 0.3) is 5.91 Å². The fourth-order valence-corrected chi connectivity index (χ4v) is 3.18. The maximum Gasteiger partial charge on any atom is 0.354 e. The molecule has 1 fully saturated rings. The van der Waals surface area contributed by atoms with Gasteiger partial charge in [0, 0.05) is 24.8 Å². The number of halogens is 1. The summed E-state index contributed by atoms with van der Waals surface area (Å²) in [5.41, 5.74) is 0.910. The first-order valence-electron chi connectivity index (χ1n) is 8.26. The van der Waals surface area contributed by atoms with Gasteiger partial charge in [-0.15, -0.1) is 0 Å². The van der Waals surface area contributed by atoms with Crippen molar-refractivity contribution in [3.8, 4) is 0 Å². The molecule has 2 aromatic rings. The molecular weight excluding hydrogens is 323 g/mol. The van der Waals surface area contributed by atoms with Gasteiger partial charge in [-0.3, -0.25) is 4.79 Å². The second kappa shape index (κ2) is 7.42. The van der Waals surface area contributed by atoms with Crippen molar-refractivity contribution < 1.29 is 19.1 Å². The normalized spacial score (nSPS) is 15.2. The van der Waals surface area contributed by atoms with Crippen LogP contribution in [-0.4, -0.2) is 40.0 Å². The maximum absolute atomic E-state index is 13.8. The Bertz CT molecular complexity index is 786. The second-order valence-corrected chi connectivity index (χ2v) is 6.27. The van der Waals surface area contributed by atoms with E-state index in [0.29, 0.717) is 36.6 Å². The maximum atomic E-state index is 13.8. The van der Waals surface area contributed by atoms with Gasteiger partial charge in [-0.1, -0.05) is 18.2 Å². The molecular formula is C19H19FN2O3. The average molecular weight is 342 g/mol. The van der Waals surface area contributed by atoms with E-state index >= 15 is 0 Å². The number of hydrogen-bond donors (Lipinski definition) is 1. The van der Waals surface area contributed by atoms with E-state index < -0.39 is 5.97 Å². The molecule has 0 bridgehead atoms. The van der Waals surface area contributed by atoms with Gasteiger partial charge in [0.15, 0.2) is 0 Å². The molecule has 25 heavy (non-hydrogen) atoms. The van der Waals surface area contributed by atoms with Crippen molar-refractivity contribution in [2.24, 2.45) is 5.92 Å². The topological polar surface area (TPSA) is 70.5 Å². The number of carboxylic acids is 1. The van der Waals surface area contributed by atoms with Gasteiger partial charge in [-0.25, -0.2) is 14.2 Å². The van der Waals surface area contributed by atoms with Gasteiger partial charge in [0.2, 0.25) is 0 Å². The summed E-state index contributed by atoms with van der Waals surface area (Å²) in [4.78, 5) is 29.0. The first-order valence-corrected chi connectivity index (χ1v) is 8.26. The SMILES string of the molecule is O=C(O)c1cc(C(=O)N2CCC(Cc3ccccc3F)CC2)ccn1. The summed E-state index contributed by atoms with van der Waals surface area (Å²) >= 11 is 0. The molecule has 0 radical (unpaired) electrons. The van der Waals surface area contributed by atoms with E-state index in [9.17, 15) is 14.0 Å². The van der Waals surface area contributed by atoms with Gasteiger partial charge in [-0.05, 0) is 48.9 Å². The Morgan fingerprint density at radius 3 is 2.60 bits per heavy atom. The van der Waals surface area contributed by atoms with E-state index in [2.05, 4.69) is 4.98 Å². The molecule has 0 aliphatic carbocycles. The van der Waals surface area contributed by atoms with Crippen LogP contribution in [0.3, 0.4) is 0 Å². The molecule has 130 valence electrons. The van der Waals surface area contributed by atoms with E-state index in [4.69, 9.17) is 5.11 Å². The molecule has 2 heterocycles. The molecule has 1 amide bonds. The van der Waals surface area contributed by atoms with E-state index in [1.165, 1.54) is 24.4 Å². The van der Waals surface area contributed by atoms with Crippen molar-refractivity contribution in [2.45, 2.75) is 19.3 Å². The lowest BCUT2D eigenvalue weighted by Crippen LogP contribution is -2.39. The summed E-state index contributed by atoms with van der Waals surface area (Å²) in [7, 11) is 0.